The number of methoxy groups -OCH3 is 1. The van der Waals surface area contributed by atoms with E-state index in [2.05, 4.69) is 10.6 Å². The zero-order valence-corrected chi connectivity index (χ0v) is 13.4. The van der Waals surface area contributed by atoms with E-state index in [1.807, 2.05) is 32.6 Å². The minimum absolute atomic E-state index is 0.0634. The number of hydrogen-bond donors (Lipinski definition) is 2. The van der Waals surface area contributed by atoms with Crippen LogP contribution in [0.15, 0.2) is 0 Å². The lowest BCUT2D eigenvalue weighted by Crippen LogP contribution is -2.47. The van der Waals surface area contributed by atoms with Gasteiger partial charge in [0.2, 0.25) is 11.8 Å². The van der Waals surface area contributed by atoms with Crippen molar-refractivity contribution in [2.24, 2.45) is 0 Å². The average molecular weight is 287 g/mol. The topological polar surface area (TPSA) is 70.7 Å². The van der Waals surface area contributed by atoms with E-state index in [4.69, 9.17) is 4.74 Å². The number of likely N-dealkylation sites (N-methyl/N-ethyl adjacent to an activating group) is 1. The average Bonchev–Trinajstić information content (AvgIpc) is 2.31. The minimum Gasteiger partial charge on any atom is -0.385 e. The van der Waals surface area contributed by atoms with E-state index >= 15 is 0 Å². The molecule has 0 fully saturated rings. The Kier molecular flexibility index (Phi) is 9.16. The molecule has 6 heteroatoms. The highest BCUT2D eigenvalue weighted by molar-refractivity contribution is 5.81. The third-order valence-corrected chi connectivity index (χ3v) is 2.54. The van der Waals surface area contributed by atoms with Gasteiger partial charge in [-0.05, 0) is 33.7 Å². The van der Waals surface area contributed by atoms with Crippen molar-refractivity contribution < 1.29 is 14.3 Å². The van der Waals surface area contributed by atoms with Crippen LogP contribution >= 0.6 is 0 Å². The molecule has 118 valence electrons. The standard InChI is InChI=1S/C14H29N3O3/c1-6-17(11-13(19)16-14(2,3)4)10-12(18)15-8-7-9-20-5/h6-11H2,1-5H3,(H,15,18)(H,16,19). The van der Waals surface area contributed by atoms with Gasteiger partial charge in [0, 0.05) is 25.8 Å². The zero-order chi connectivity index (χ0) is 15.6. The fourth-order valence-electron chi connectivity index (χ4n) is 1.64. The number of nitrogens with zero attached hydrogens (tertiary/aromatic N) is 1. The molecular weight excluding hydrogens is 258 g/mol. The first-order valence-electron chi connectivity index (χ1n) is 7.07. The summed E-state index contributed by atoms with van der Waals surface area (Å²) in [6.07, 6.45) is 0.791. The van der Waals surface area contributed by atoms with Gasteiger partial charge in [0.15, 0.2) is 0 Å². The van der Waals surface area contributed by atoms with E-state index in [1.54, 1.807) is 7.11 Å². The Hall–Kier alpha value is -1.14. The predicted molar refractivity (Wildman–Crippen MR) is 79.5 cm³/mol. The number of ether oxygens (including phenoxy) is 1. The molecule has 0 heterocycles. The van der Waals surface area contributed by atoms with Gasteiger partial charge >= 0.3 is 0 Å². The molecule has 2 amide bonds. The molecule has 0 unspecified atom stereocenters. The number of nitrogens with one attached hydrogen (secondary N) is 2. The maximum atomic E-state index is 11.8. The Labute approximate surface area is 122 Å². The SMILES string of the molecule is CCN(CC(=O)NCCCOC)CC(=O)NC(C)(C)C. The zero-order valence-electron chi connectivity index (χ0n) is 13.4. The van der Waals surface area contributed by atoms with Crippen LogP contribution in [-0.4, -0.2) is 62.1 Å². The number of rotatable bonds is 9. The molecule has 0 aliphatic carbocycles. The molecule has 0 atom stereocenters. The molecule has 0 aromatic rings. The summed E-state index contributed by atoms with van der Waals surface area (Å²) >= 11 is 0. The lowest BCUT2D eigenvalue weighted by atomic mass is 10.1. The lowest BCUT2D eigenvalue weighted by molar-refractivity contribution is -0.125. The summed E-state index contributed by atoms with van der Waals surface area (Å²) in [6, 6.07) is 0. The second-order valence-corrected chi connectivity index (χ2v) is 5.80. The largest absolute Gasteiger partial charge is 0.385 e. The summed E-state index contributed by atoms with van der Waals surface area (Å²) in [5.41, 5.74) is -0.251. The second-order valence-electron chi connectivity index (χ2n) is 5.80. The Morgan fingerprint density at radius 3 is 2.25 bits per heavy atom. The van der Waals surface area contributed by atoms with Crippen LogP contribution in [0.5, 0.6) is 0 Å². The van der Waals surface area contributed by atoms with Crippen LogP contribution in [0.2, 0.25) is 0 Å². The molecule has 6 nitrogen and oxygen atoms in total. The molecule has 0 radical (unpaired) electrons. The van der Waals surface area contributed by atoms with E-state index in [9.17, 15) is 9.59 Å². The summed E-state index contributed by atoms with van der Waals surface area (Å²) in [7, 11) is 1.63. The van der Waals surface area contributed by atoms with E-state index in [0.29, 0.717) is 19.7 Å². The van der Waals surface area contributed by atoms with Crippen molar-refractivity contribution in [1.29, 1.82) is 0 Å². The Balaban J connectivity index is 4.02. The van der Waals surface area contributed by atoms with Crippen LogP contribution in [0, 0.1) is 0 Å². The van der Waals surface area contributed by atoms with Crippen molar-refractivity contribution in [3.05, 3.63) is 0 Å². The molecule has 20 heavy (non-hydrogen) atoms. The molecule has 0 aliphatic rings. The molecular formula is C14H29N3O3. The maximum Gasteiger partial charge on any atom is 0.234 e. The second kappa shape index (κ2) is 9.72. The fraction of sp³-hybridized carbons (Fsp3) is 0.857. The molecule has 2 N–H and O–H groups in total. The smallest absolute Gasteiger partial charge is 0.234 e. The summed E-state index contributed by atoms with van der Waals surface area (Å²) in [6.45, 7) is 10.1. The van der Waals surface area contributed by atoms with Gasteiger partial charge < -0.3 is 15.4 Å². The van der Waals surface area contributed by atoms with Gasteiger partial charge in [0.05, 0.1) is 13.1 Å². The maximum absolute atomic E-state index is 11.8. The number of carbonyl (C=O) groups excluding carboxylic acids is 2. The van der Waals surface area contributed by atoms with Gasteiger partial charge in [0.25, 0.3) is 0 Å². The van der Waals surface area contributed by atoms with Gasteiger partial charge in [-0.25, -0.2) is 0 Å². The van der Waals surface area contributed by atoms with Crippen molar-refractivity contribution in [3.63, 3.8) is 0 Å². The molecule has 0 aromatic heterocycles. The number of hydrogen-bond acceptors (Lipinski definition) is 4. The van der Waals surface area contributed by atoms with E-state index in [-0.39, 0.29) is 30.4 Å². The highest BCUT2D eigenvalue weighted by Crippen LogP contribution is 1.98. The summed E-state index contributed by atoms with van der Waals surface area (Å²) in [5, 5.41) is 5.70. The van der Waals surface area contributed by atoms with Crippen LogP contribution in [0.4, 0.5) is 0 Å². The first-order valence-corrected chi connectivity index (χ1v) is 7.07. The van der Waals surface area contributed by atoms with Crippen LogP contribution < -0.4 is 10.6 Å². The fourth-order valence-corrected chi connectivity index (χ4v) is 1.64. The molecule has 0 spiro atoms. The Morgan fingerprint density at radius 2 is 1.75 bits per heavy atom. The van der Waals surface area contributed by atoms with Crippen molar-refractivity contribution in [3.8, 4) is 0 Å². The van der Waals surface area contributed by atoms with E-state index < -0.39 is 0 Å². The van der Waals surface area contributed by atoms with E-state index in [0.717, 1.165) is 6.42 Å². The minimum atomic E-state index is -0.251. The van der Waals surface area contributed by atoms with Crippen molar-refractivity contribution in [2.75, 3.05) is 39.9 Å². The summed E-state index contributed by atoms with van der Waals surface area (Å²) < 4.78 is 4.91. The molecule has 0 saturated heterocycles. The molecule has 0 saturated carbocycles. The van der Waals surface area contributed by atoms with Gasteiger partial charge in [-0.1, -0.05) is 6.92 Å². The van der Waals surface area contributed by atoms with Gasteiger partial charge in [0.1, 0.15) is 0 Å². The number of carbonyl (C=O) groups is 2. The van der Waals surface area contributed by atoms with Crippen molar-refractivity contribution >= 4 is 11.8 Å². The summed E-state index contributed by atoms with van der Waals surface area (Å²) in [5.74, 6) is -0.127. The van der Waals surface area contributed by atoms with E-state index in [1.165, 1.54) is 0 Å². The normalized spacial score (nSPS) is 11.5. The van der Waals surface area contributed by atoms with Gasteiger partial charge in [-0.15, -0.1) is 0 Å². The predicted octanol–water partition coefficient (Wildman–Crippen LogP) is 0.376. The van der Waals surface area contributed by atoms with Crippen LogP contribution in [0.25, 0.3) is 0 Å². The Bertz CT molecular complexity index is 301. The van der Waals surface area contributed by atoms with Crippen molar-refractivity contribution in [2.45, 2.75) is 39.7 Å². The molecule has 0 rings (SSSR count). The van der Waals surface area contributed by atoms with Crippen LogP contribution in [0.1, 0.15) is 34.1 Å². The molecule has 0 aliphatic heterocycles. The lowest BCUT2D eigenvalue weighted by Gasteiger charge is -2.24. The quantitative estimate of drug-likeness (QED) is 0.601. The van der Waals surface area contributed by atoms with Crippen molar-refractivity contribution in [1.82, 2.24) is 15.5 Å². The summed E-state index contributed by atoms with van der Waals surface area (Å²) in [4.78, 5) is 25.3. The highest BCUT2D eigenvalue weighted by atomic mass is 16.5. The third-order valence-electron chi connectivity index (χ3n) is 2.54. The first-order chi connectivity index (χ1) is 9.28. The Morgan fingerprint density at radius 1 is 1.15 bits per heavy atom. The molecule has 0 aromatic carbocycles. The first kappa shape index (κ1) is 18.9. The van der Waals surface area contributed by atoms with Crippen LogP contribution in [-0.2, 0) is 14.3 Å². The monoisotopic (exact) mass is 287 g/mol. The molecule has 0 bridgehead atoms. The number of amides is 2. The van der Waals surface area contributed by atoms with Gasteiger partial charge in [-0.2, -0.15) is 0 Å². The van der Waals surface area contributed by atoms with Crippen LogP contribution in [0.3, 0.4) is 0 Å². The third kappa shape index (κ3) is 10.8. The van der Waals surface area contributed by atoms with Gasteiger partial charge in [-0.3, -0.25) is 14.5 Å². The highest BCUT2D eigenvalue weighted by Gasteiger charge is 2.17.